The number of ether oxygens (including phenoxy) is 1. The Morgan fingerprint density at radius 1 is 1.55 bits per heavy atom. The summed E-state index contributed by atoms with van der Waals surface area (Å²) in [6.07, 6.45) is 0.0564. The van der Waals surface area contributed by atoms with Gasteiger partial charge in [-0.05, 0) is 26.0 Å². The smallest absolute Gasteiger partial charge is 0.143 e. The summed E-state index contributed by atoms with van der Waals surface area (Å²) in [7, 11) is 0. The maximum absolute atomic E-state index is 13.5. The van der Waals surface area contributed by atoms with Gasteiger partial charge in [-0.25, -0.2) is 4.39 Å². The van der Waals surface area contributed by atoms with Crippen molar-refractivity contribution in [1.82, 2.24) is 4.90 Å². The summed E-state index contributed by atoms with van der Waals surface area (Å²) in [5.41, 5.74) is 0.585. The van der Waals surface area contributed by atoms with Crippen LogP contribution in [-0.2, 0) is 4.74 Å². The van der Waals surface area contributed by atoms with Crippen LogP contribution in [0.15, 0.2) is 18.2 Å². The number of hydrogen-bond donors (Lipinski definition) is 1. The molecule has 1 heterocycles. The highest BCUT2D eigenvalue weighted by atomic mass is 19.1. The van der Waals surface area contributed by atoms with Gasteiger partial charge in [0, 0.05) is 25.7 Å². The molecular formula is C15H20FN3O. The first-order valence-corrected chi connectivity index (χ1v) is 6.90. The Morgan fingerprint density at radius 3 is 3.05 bits per heavy atom. The largest absolute Gasteiger partial charge is 0.381 e. The highest BCUT2D eigenvalue weighted by molar-refractivity contribution is 5.57. The molecule has 0 saturated carbocycles. The molecule has 1 atom stereocenters. The van der Waals surface area contributed by atoms with Crippen LogP contribution in [0, 0.1) is 17.1 Å². The SMILES string of the molecule is CC(C)N1CCOC(CNc2cccc(F)c2C#N)C1. The van der Waals surface area contributed by atoms with Gasteiger partial charge in [0.25, 0.3) is 0 Å². The molecule has 5 heteroatoms. The minimum absolute atomic E-state index is 0.0564. The van der Waals surface area contributed by atoms with E-state index in [-0.39, 0.29) is 11.7 Å². The molecule has 1 aromatic carbocycles. The van der Waals surface area contributed by atoms with Crippen molar-refractivity contribution in [1.29, 1.82) is 5.26 Å². The summed E-state index contributed by atoms with van der Waals surface area (Å²) >= 11 is 0. The number of morpholine rings is 1. The van der Waals surface area contributed by atoms with Crippen LogP contribution in [0.5, 0.6) is 0 Å². The summed E-state index contributed by atoms with van der Waals surface area (Å²) in [5, 5.41) is 12.1. The van der Waals surface area contributed by atoms with Crippen molar-refractivity contribution in [2.24, 2.45) is 0 Å². The average Bonchev–Trinajstić information content (AvgIpc) is 2.45. The Bertz CT molecular complexity index is 498. The van der Waals surface area contributed by atoms with E-state index in [2.05, 4.69) is 24.1 Å². The second-order valence-corrected chi connectivity index (χ2v) is 5.24. The lowest BCUT2D eigenvalue weighted by atomic mass is 10.1. The van der Waals surface area contributed by atoms with Crippen molar-refractivity contribution < 1.29 is 9.13 Å². The van der Waals surface area contributed by atoms with Crippen LogP contribution in [0.4, 0.5) is 10.1 Å². The molecule has 1 saturated heterocycles. The molecule has 0 radical (unpaired) electrons. The Hall–Kier alpha value is -1.64. The maximum Gasteiger partial charge on any atom is 0.143 e. The topological polar surface area (TPSA) is 48.3 Å². The second kappa shape index (κ2) is 6.69. The quantitative estimate of drug-likeness (QED) is 0.916. The van der Waals surface area contributed by atoms with E-state index in [4.69, 9.17) is 10.00 Å². The molecule has 2 rings (SSSR count). The Morgan fingerprint density at radius 2 is 2.35 bits per heavy atom. The normalized spacial score (nSPS) is 19.9. The molecule has 1 fully saturated rings. The van der Waals surface area contributed by atoms with E-state index in [1.54, 1.807) is 12.1 Å². The lowest BCUT2D eigenvalue weighted by Gasteiger charge is -2.35. The molecule has 108 valence electrons. The molecule has 0 aliphatic carbocycles. The van der Waals surface area contributed by atoms with Gasteiger partial charge in [0.1, 0.15) is 17.4 Å². The standard InChI is InChI=1S/C15H20FN3O/c1-11(2)19-6-7-20-12(10-19)9-18-15-5-3-4-14(16)13(15)8-17/h3-5,11-12,18H,6-7,9-10H2,1-2H3. The first-order chi connectivity index (χ1) is 9.61. The number of nitrogens with one attached hydrogen (secondary N) is 1. The van der Waals surface area contributed by atoms with Crippen LogP contribution in [0.2, 0.25) is 0 Å². The summed E-state index contributed by atoms with van der Waals surface area (Å²) < 4.78 is 19.2. The summed E-state index contributed by atoms with van der Waals surface area (Å²) in [6.45, 7) is 7.39. The first-order valence-electron chi connectivity index (χ1n) is 6.90. The van der Waals surface area contributed by atoms with E-state index >= 15 is 0 Å². The zero-order chi connectivity index (χ0) is 14.5. The predicted octanol–water partition coefficient (Wildman–Crippen LogP) is 2.22. The third-order valence-corrected chi connectivity index (χ3v) is 3.55. The van der Waals surface area contributed by atoms with E-state index in [9.17, 15) is 4.39 Å². The molecule has 1 unspecified atom stereocenters. The van der Waals surface area contributed by atoms with E-state index in [0.717, 1.165) is 13.1 Å². The van der Waals surface area contributed by atoms with Crippen molar-refractivity contribution in [3.05, 3.63) is 29.6 Å². The van der Waals surface area contributed by atoms with Crippen LogP contribution >= 0.6 is 0 Å². The van der Waals surface area contributed by atoms with Crippen molar-refractivity contribution >= 4 is 5.69 Å². The fourth-order valence-corrected chi connectivity index (χ4v) is 2.34. The highest BCUT2D eigenvalue weighted by Crippen LogP contribution is 2.18. The molecule has 20 heavy (non-hydrogen) atoms. The van der Waals surface area contributed by atoms with Crippen molar-refractivity contribution in [3.8, 4) is 6.07 Å². The van der Waals surface area contributed by atoms with Gasteiger partial charge >= 0.3 is 0 Å². The van der Waals surface area contributed by atoms with Crippen LogP contribution < -0.4 is 5.32 Å². The second-order valence-electron chi connectivity index (χ2n) is 5.24. The third-order valence-electron chi connectivity index (χ3n) is 3.55. The lowest BCUT2D eigenvalue weighted by Crippen LogP contribution is -2.48. The van der Waals surface area contributed by atoms with Gasteiger partial charge in [0.05, 0.1) is 18.4 Å². The molecule has 0 spiro atoms. The first kappa shape index (κ1) is 14.8. The molecule has 4 nitrogen and oxygen atoms in total. The number of halogens is 1. The summed E-state index contributed by atoms with van der Waals surface area (Å²) in [5.74, 6) is -0.495. The van der Waals surface area contributed by atoms with Crippen molar-refractivity contribution in [2.45, 2.75) is 26.0 Å². The number of anilines is 1. The van der Waals surface area contributed by atoms with Gasteiger partial charge in [0.2, 0.25) is 0 Å². The lowest BCUT2D eigenvalue weighted by molar-refractivity contribution is -0.0315. The fourth-order valence-electron chi connectivity index (χ4n) is 2.34. The molecule has 1 N–H and O–H groups in total. The minimum Gasteiger partial charge on any atom is -0.381 e. The zero-order valence-corrected chi connectivity index (χ0v) is 11.9. The van der Waals surface area contributed by atoms with Crippen LogP contribution in [0.3, 0.4) is 0 Å². The number of nitrogens with zero attached hydrogens (tertiary/aromatic N) is 2. The van der Waals surface area contributed by atoms with Crippen molar-refractivity contribution in [2.75, 3.05) is 31.6 Å². The highest BCUT2D eigenvalue weighted by Gasteiger charge is 2.22. The van der Waals surface area contributed by atoms with E-state index in [1.807, 2.05) is 6.07 Å². The monoisotopic (exact) mass is 277 g/mol. The van der Waals surface area contributed by atoms with Crippen LogP contribution in [0.25, 0.3) is 0 Å². The van der Waals surface area contributed by atoms with Crippen LogP contribution in [-0.4, -0.2) is 43.3 Å². The molecular weight excluding hydrogens is 257 g/mol. The van der Waals surface area contributed by atoms with Crippen molar-refractivity contribution in [3.63, 3.8) is 0 Å². The van der Waals surface area contributed by atoms with Gasteiger partial charge in [-0.1, -0.05) is 6.07 Å². The van der Waals surface area contributed by atoms with Gasteiger partial charge in [-0.15, -0.1) is 0 Å². The van der Waals surface area contributed by atoms with Gasteiger partial charge in [0.15, 0.2) is 0 Å². The Balaban J connectivity index is 1.96. The Kier molecular flexibility index (Phi) is 4.94. The number of nitriles is 1. The molecule has 0 aromatic heterocycles. The van der Waals surface area contributed by atoms with Gasteiger partial charge in [-0.3, -0.25) is 4.90 Å². The summed E-state index contributed by atoms with van der Waals surface area (Å²) in [6, 6.07) is 6.98. The van der Waals surface area contributed by atoms with Gasteiger partial charge in [-0.2, -0.15) is 5.26 Å². The molecule has 1 aliphatic heterocycles. The predicted molar refractivity (Wildman–Crippen MR) is 76.1 cm³/mol. The van der Waals surface area contributed by atoms with Crippen LogP contribution in [0.1, 0.15) is 19.4 Å². The Labute approximate surface area is 119 Å². The molecule has 1 aliphatic rings. The fraction of sp³-hybridized carbons (Fsp3) is 0.533. The third kappa shape index (κ3) is 3.47. The minimum atomic E-state index is -0.495. The van der Waals surface area contributed by atoms with Gasteiger partial charge < -0.3 is 10.1 Å². The maximum atomic E-state index is 13.5. The molecule has 0 amide bonds. The molecule has 1 aromatic rings. The zero-order valence-electron chi connectivity index (χ0n) is 11.9. The number of hydrogen-bond acceptors (Lipinski definition) is 4. The van der Waals surface area contributed by atoms with E-state index in [1.165, 1.54) is 6.07 Å². The molecule has 0 bridgehead atoms. The van der Waals surface area contributed by atoms with E-state index < -0.39 is 5.82 Å². The number of rotatable bonds is 4. The summed E-state index contributed by atoms with van der Waals surface area (Å²) in [4.78, 5) is 2.35. The number of benzene rings is 1. The average molecular weight is 277 g/mol. The van der Waals surface area contributed by atoms with E-state index in [0.29, 0.717) is 24.9 Å².